The minimum atomic E-state index is -3.51. The van der Waals surface area contributed by atoms with E-state index < -0.39 is 10.0 Å². The third kappa shape index (κ3) is 5.18. The Bertz CT molecular complexity index is 801. The molecule has 0 aliphatic carbocycles. The molecule has 1 saturated heterocycles. The molecule has 0 radical (unpaired) electrons. The number of carbonyl (C=O) groups is 1. The van der Waals surface area contributed by atoms with Crippen LogP contribution in [-0.4, -0.2) is 62.5 Å². The molecule has 27 heavy (non-hydrogen) atoms. The molecule has 0 amide bonds. The number of anilines is 1. The summed E-state index contributed by atoms with van der Waals surface area (Å²) in [4.78, 5) is 14.1. The van der Waals surface area contributed by atoms with Gasteiger partial charge in [0.05, 0.1) is 17.4 Å². The number of sulfonamides is 1. The molecule has 0 atom stereocenters. The Kier molecular flexibility index (Phi) is 7.19. The summed E-state index contributed by atoms with van der Waals surface area (Å²) in [6.07, 6.45) is 1.38. The van der Waals surface area contributed by atoms with Crippen molar-refractivity contribution in [3.8, 4) is 0 Å². The Hall–Kier alpha value is -1.71. The van der Waals surface area contributed by atoms with Gasteiger partial charge in [0.25, 0.3) is 0 Å². The fourth-order valence-corrected chi connectivity index (χ4v) is 4.10. The van der Waals surface area contributed by atoms with Crippen LogP contribution >= 0.6 is 12.2 Å². The number of benzene rings is 1. The number of thiocarbonyl (C=S) groups is 1. The van der Waals surface area contributed by atoms with Gasteiger partial charge in [-0.25, -0.2) is 12.7 Å². The Morgan fingerprint density at radius 1 is 1.33 bits per heavy atom. The van der Waals surface area contributed by atoms with Crippen LogP contribution in [0.3, 0.4) is 0 Å². The smallest absolute Gasteiger partial charge is 0.309 e. The number of esters is 1. The number of aryl methyl sites for hydroxylation is 1. The standard InChI is InChI=1S/C18H27N3O4S2/c1-5-25-17(22)14-8-10-21(11-9-14)18(26)19-16-12-15(7-6-13(16)2)27(23,24)20(3)4/h6-7,12,14H,5,8-11H2,1-4H3,(H,19,26). The predicted molar refractivity (Wildman–Crippen MR) is 109 cm³/mol. The van der Waals surface area contributed by atoms with E-state index in [-0.39, 0.29) is 16.8 Å². The van der Waals surface area contributed by atoms with Gasteiger partial charge in [0.1, 0.15) is 0 Å². The molecule has 7 nitrogen and oxygen atoms in total. The third-order valence-corrected chi connectivity index (χ3v) is 6.80. The van der Waals surface area contributed by atoms with Gasteiger partial charge in [-0.15, -0.1) is 0 Å². The summed E-state index contributed by atoms with van der Waals surface area (Å²) in [7, 11) is -0.513. The number of piperidine rings is 1. The summed E-state index contributed by atoms with van der Waals surface area (Å²) in [6, 6.07) is 4.94. The fraction of sp³-hybridized carbons (Fsp3) is 0.556. The van der Waals surface area contributed by atoms with Crippen LogP contribution < -0.4 is 5.32 Å². The lowest BCUT2D eigenvalue weighted by Gasteiger charge is -2.33. The minimum absolute atomic E-state index is 0.0840. The first-order chi connectivity index (χ1) is 12.7. The number of rotatable bonds is 5. The second-order valence-electron chi connectivity index (χ2n) is 6.71. The van der Waals surface area contributed by atoms with Gasteiger partial charge in [-0.2, -0.15) is 0 Å². The lowest BCUT2D eigenvalue weighted by atomic mass is 9.97. The molecule has 1 aromatic carbocycles. The maximum atomic E-state index is 12.3. The van der Waals surface area contributed by atoms with Gasteiger partial charge in [0.2, 0.25) is 10.0 Å². The zero-order chi connectivity index (χ0) is 20.2. The molecule has 1 fully saturated rings. The van der Waals surface area contributed by atoms with Crippen LogP contribution in [0, 0.1) is 12.8 Å². The van der Waals surface area contributed by atoms with Gasteiger partial charge in [0.15, 0.2) is 5.11 Å². The van der Waals surface area contributed by atoms with Crippen LogP contribution in [0.2, 0.25) is 0 Å². The largest absolute Gasteiger partial charge is 0.466 e. The highest BCUT2D eigenvalue weighted by atomic mass is 32.2. The van der Waals surface area contributed by atoms with Crippen molar-refractivity contribution in [3.63, 3.8) is 0 Å². The molecule has 0 saturated carbocycles. The molecule has 150 valence electrons. The van der Waals surface area contributed by atoms with Gasteiger partial charge in [-0.05, 0) is 56.6 Å². The summed E-state index contributed by atoms with van der Waals surface area (Å²) in [6.45, 7) is 5.40. The highest BCUT2D eigenvalue weighted by Gasteiger charge is 2.27. The normalized spacial score (nSPS) is 15.7. The Balaban J connectivity index is 2.05. The van der Waals surface area contributed by atoms with Crippen molar-refractivity contribution in [1.82, 2.24) is 9.21 Å². The van der Waals surface area contributed by atoms with Crippen LogP contribution in [-0.2, 0) is 19.6 Å². The zero-order valence-electron chi connectivity index (χ0n) is 16.2. The minimum Gasteiger partial charge on any atom is -0.466 e. The lowest BCUT2D eigenvalue weighted by molar-refractivity contribution is -0.149. The van der Waals surface area contributed by atoms with Gasteiger partial charge >= 0.3 is 5.97 Å². The van der Waals surface area contributed by atoms with E-state index in [0.29, 0.717) is 43.3 Å². The van der Waals surface area contributed by atoms with Crippen molar-refractivity contribution < 1.29 is 17.9 Å². The number of nitrogens with one attached hydrogen (secondary N) is 1. The van der Waals surface area contributed by atoms with Gasteiger partial charge in [0, 0.05) is 32.9 Å². The molecule has 1 N–H and O–H groups in total. The third-order valence-electron chi connectivity index (χ3n) is 4.63. The Labute approximate surface area is 166 Å². The average Bonchev–Trinajstić information content (AvgIpc) is 2.63. The van der Waals surface area contributed by atoms with E-state index >= 15 is 0 Å². The Morgan fingerprint density at radius 2 is 1.96 bits per heavy atom. The number of carbonyl (C=O) groups excluding carboxylic acids is 1. The monoisotopic (exact) mass is 413 g/mol. The summed E-state index contributed by atoms with van der Waals surface area (Å²) < 4.78 is 31.0. The maximum Gasteiger partial charge on any atom is 0.309 e. The molecule has 1 aliphatic rings. The van der Waals surface area contributed by atoms with Crippen molar-refractivity contribution >= 4 is 39.0 Å². The highest BCUT2D eigenvalue weighted by molar-refractivity contribution is 7.89. The Morgan fingerprint density at radius 3 is 2.52 bits per heavy atom. The second kappa shape index (κ2) is 8.99. The van der Waals surface area contributed by atoms with E-state index in [1.807, 2.05) is 11.8 Å². The van der Waals surface area contributed by atoms with Crippen LogP contribution in [0.5, 0.6) is 0 Å². The lowest BCUT2D eigenvalue weighted by Crippen LogP contribution is -2.42. The van der Waals surface area contributed by atoms with Gasteiger partial charge in [-0.1, -0.05) is 6.07 Å². The first kappa shape index (κ1) is 21.6. The number of nitrogens with zero attached hydrogens (tertiary/aromatic N) is 2. The molecule has 1 heterocycles. The van der Waals surface area contributed by atoms with Gasteiger partial charge in [-0.3, -0.25) is 4.79 Å². The van der Waals surface area contributed by atoms with Crippen LogP contribution in [0.1, 0.15) is 25.3 Å². The van der Waals surface area contributed by atoms with E-state index in [0.717, 1.165) is 5.56 Å². The number of ether oxygens (including phenoxy) is 1. The van der Waals surface area contributed by atoms with Crippen LogP contribution in [0.25, 0.3) is 0 Å². The molecule has 1 aliphatic heterocycles. The molecule has 0 spiro atoms. The van der Waals surface area contributed by atoms with Crippen molar-refractivity contribution in [3.05, 3.63) is 23.8 Å². The fourth-order valence-electron chi connectivity index (χ4n) is 2.88. The predicted octanol–water partition coefficient (Wildman–Crippen LogP) is 2.22. The van der Waals surface area contributed by atoms with Crippen molar-refractivity contribution in [1.29, 1.82) is 0 Å². The van der Waals surface area contributed by atoms with E-state index in [1.54, 1.807) is 25.1 Å². The average molecular weight is 414 g/mol. The van der Waals surface area contributed by atoms with Crippen molar-refractivity contribution in [2.24, 2.45) is 5.92 Å². The molecule has 2 rings (SSSR count). The van der Waals surface area contributed by atoms with E-state index in [9.17, 15) is 13.2 Å². The summed E-state index contributed by atoms with van der Waals surface area (Å²) in [5, 5.41) is 3.69. The molecule has 0 unspecified atom stereocenters. The summed E-state index contributed by atoms with van der Waals surface area (Å²) in [5.74, 6) is -0.229. The van der Waals surface area contributed by atoms with Gasteiger partial charge < -0.3 is 15.0 Å². The van der Waals surface area contributed by atoms with Crippen LogP contribution in [0.4, 0.5) is 5.69 Å². The second-order valence-corrected chi connectivity index (χ2v) is 9.25. The van der Waals surface area contributed by atoms with Crippen molar-refractivity contribution in [2.75, 3.05) is 39.1 Å². The maximum absolute atomic E-state index is 12.3. The molecule has 1 aromatic rings. The molecular formula is C18H27N3O4S2. The highest BCUT2D eigenvalue weighted by Crippen LogP contribution is 2.24. The van der Waals surface area contributed by atoms with E-state index in [2.05, 4.69) is 5.32 Å². The zero-order valence-corrected chi connectivity index (χ0v) is 17.8. The first-order valence-corrected chi connectivity index (χ1v) is 10.8. The van der Waals surface area contributed by atoms with Crippen LogP contribution in [0.15, 0.2) is 23.1 Å². The quantitative estimate of drug-likeness (QED) is 0.586. The van der Waals surface area contributed by atoms with Crippen molar-refractivity contribution in [2.45, 2.75) is 31.6 Å². The molecule has 9 heteroatoms. The molecule has 0 aromatic heterocycles. The SMILES string of the molecule is CCOC(=O)C1CCN(C(=S)Nc2cc(S(=O)(=O)N(C)C)ccc2C)CC1. The number of hydrogen-bond donors (Lipinski definition) is 1. The first-order valence-electron chi connectivity index (χ1n) is 8.92. The number of hydrogen-bond acceptors (Lipinski definition) is 5. The summed E-state index contributed by atoms with van der Waals surface area (Å²) >= 11 is 5.50. The number of likely N-dealkylation sites (tertiary alicyclic amines) is 1. The van der Waals surface area contributed by atoms with E-state index in [4.69, 9.17) is 17.0 Å². The molecule has 0 bridgehead atoms. The molecular weight excluding hydrogens is 386 g/mol. The van der Waals surface area contributed by atoms with E-state index in [1.165, 1.54) is 18.4 Å². The topological polar surface area (TPSA) is 79.0 Å². The summed E-state index contributed by atoms with van der Waals surface area (Å²) in [5.41, 5.74) is 1.56.